The summed E-state index contributed by atoms with van der Waals surface area (Å²) in [5.41, 5.74) is 2.40. The molecule has 1 aromatic heterocycles. The van der Waals surface area contributed by atoms with Gasteiger partial charge in [-0.15, -0.1) is 0 Å². The van der Waals surface area contributed by atoms with E-state index < -0.39 is 0 Å². The molecule has 1 aliphatic carbocycles. The number of hydrogen-bond acceptors (Lipinski definition) is 4. The highest BCUT2D eigenvalue weighted by atomic mass is 35.5. The molecule has 0 spiro atoms. The summed E-state index contributed by atoms with van der Waals surface area (Å²) < 4.78 is 0. The SMILES string of the molecule is O=[N+]([O-])c1ccc(Cl)c2c1[C@H]1C=CC[C@@H]1[C@H](c1ccccn1)N2. The van der Waals surface area contributed by atoms with Crippen LogP contribution in [-0.2, 0) is 0 Å². The van der Waals surface area contributed by atoms with Crippen molar-refractivity contribution >= 4 is 23.0 Å². The second-order valence-corrected chi connectivity index (χ2v) is 6.25. The van der Waals surface area contributed by atoms with Gasteiger partial charge in [-0.05, 0) is 30.5 Å². The molecule has 2 aliphatic rings. The summed E-state index contributed by atoms with van der Waals surface area (Å²) in [6.07, 6.45) is 6.78. The number of allylic oxidation sites excluding steroid dienone is 2. The van der Waals surface area contributed by atoms with Gasteiger partial charge in [-0.3, -0.25) is 15.1 Å². The molecule has 6 heteroatoms. The molecule has 23 heavy (non-hydrogen) atoms. The molecular weight excluding hydrogens is 314 g/mol. The maximum atomic E-state index is 11.4. The Hall–Kier alpha value is -2.40. The van der Waals surface area contributed by atoms with E-state index >= 15 is 0 Å². The first-order valence-corrected chi connectivity index (χ1v) is 7.85. The van der Waals surface area contributed by atoms with Crippen LogP contribution >= 0.6 is 11.6 Å². The summed E-state index contributed by atoms with van der Waals surface area (Å²) in [5.74, 6) is 0.187. The number of fused-ring (bicyclic) bond motifs is 3. The van der Waals surface area contributed by atoms with E-state index in [1.165, 1.54) is 6.07 Å². The van der Waals surface area contributed by atoms with Gasteiger partial charge in [0.25, 0.3) is 5.69 Å². The lowest BCUT2D eigenvalue weighted by Crippen LogP contribution is -2.30. The summed E-state index contributed by atoms with van der Waals surface area (Å²) in [7, 11) is 0. The van der Waals surface area contributed by atoms with Crippen LogP contribution in [0.15, 0.2) is 48.7 Å². The zero-order valence-corrected chi connectivity index (χ0v) is 12.9. The van der Waals surface area contributed by atoms with E-state index in [1.54, 1.807) is 12.3 Å². The molecule has 0 saturated carbocycles. The maximum Gasteiger partial charge on any atom is 0.275 e. The van der Waals surface area contributed by atoms with E-state index in [0.29, 0.717) is 16.3 Å². The number of benzene rings is 1. The Morgan fingerprint density at radius 2 is 2.17 bits per heavy atom. The normalized spacial score (nSPS) is 24.7. The average Bonchev–Trinajstić information content (AvgIpc) is 3.05. The molecule has 2 aromatic rings. The largest absolute Gasteiger partial charge is 0.375 e. The smallest absolute Gasteiger partial charge is 0.275 e. The van der Waals surface area contributed by atoms with E-state index in [9.17, 15) is 10.1 Å². The predicted octanol–water partition coefficient (Wildman–Crippen LogP) is 4.47. The van der Waals surface area contributed by atoms with Crippen LogP contribution in [0.1, 0.15) is 29.6 Å². The lowest BCUT2D eigenvalue weighted by Gasteiger charge is -2.36. The number of nitro groups is 1. The molecule has 1 N–H and O–H groups in total. The van der Waals surface area contributed by atoms with Crippen molar-refractivity contribution in [2.75, 3.05) is 5.32 Å². The second kappa shape index (κ2) is 5.35. The molecule has 3 atom stereocenters. The van der Waals surface area contributed by atoms with Crippen molar-refractivity contribution in [3.63, 3.8) is 0 Å². The molecule has 2 heterocycles. The van der Waals surface area contributed by atoms with Crippen LogP contribution < -0.4 is 5.32 Å². The summed E-state index contributed by atoms with van der Waals surface area (Å²) >= 11 is 6.33. The fourth-order valence-corrected chi connectivity index (χ4v) is 3.89. The molecule has 4 rings (SSSR count). The maximum absolute atomic E-state index is 11.4. The predicted molar refractivity (Wildman–Crippen MR) is 88.7 cm³/mol. The average molecular weight is 328 g/mol. The molecule has 0 bridgehead atoms. The van der Waals surface area contributed by atoms with E-state index in [1.807, 2.05) is 18.2 Å². The summed E-state index contributed by atoms with van der Waals surface area (Å²) in [6.45, 7) is 0. The van der Waals surface area contributed by atoms with E-state index in [0.717, 1.165) is 12.1 Å². The van der Waals surface area contributed by atoms with Crippen molar-refractivity contribution in [2.24, 2.45) is 5.92 Å². The number of aromatic nitrogens is 1. The van der Waals surface area contributed by atoms with Crippen molar-refractivity contribution in [1.29, 1.82) is 0 Å². The lowest BCUT2D eigenvalue weighted by molar-refractivity contribution is -0.385. The van der Waals surface area contributed by atoms with Gasteiger partial charge in [0.1, 0.15) is 0 Å². The van der Waals surface area contributed by atoms with Gasteiger partial charge in [0.2, 0.25) is 0 Å². The highest BCUT2D eigenvalue weighted by Gasteiger charge is 2.42. The van der Waals surface area contributed by atoms with Gasteiger partial charge >= 0.3 is 0 Å². The van der Waals surface area contributed by atoms with Crippen LogP contribution in [0, 0.1) is 16.0 Å². The Morgan fingerprint density at radius 3 is 2.91 bits per heavy atom. The number of nitrogens with zero attached hydrogens (tertiary/aromatic N) is 2. The first-order chi connectivity index (χ1) is 11.2. The third-order valence-corrected chi connectivity index (χ3v) is 4.96. The second-order valence-electron chi connectivity index (χ2n) is 5.84. The van der Waals surface area contributed by atoms with Crippen molar-refractivity contribution in [3.05, 3.63) is 75.1 Å². The van der Waals surface area contributed by atoms with Crippen molar-refractivity contribution in [1.82, 2.24) is 4.98 Å². The number of hydrogen-bond donors (Lipinski definition) is 1. The van der Waals surface area contributed by atoms with E-state index in [-0.39, 0.29) is 28.5 Å². The fourth-order valence-electron chi connectivity index (χ4n) is 3.67. The molecule has 0 radical (unpaired) electrons. The molecule has 0 amide bonds. The third kappa shape index (κ3) is 2.19. The Balaban J connectivity index is 1.89. The molecule has 1 aromatic carbocycles. The Kier molecular flexibility index (Phi) is 3.31. The third-order valence-electron chi connectivity index (χ3n) is 4.65. The number of nitrogens with one attached hydrogen (secondary N) is 1. The molecule has 1 aliphatic heterocycles. The van der Waals surface area contributed by atoms with E-state index in [2.05, 4.69) is 22.5 Å². The standard InChI is InChI=1S/C17H14ClN3O2/c18-12-7-8-14(21(22)23)15-10-4-3-5-11(10)16(20-17(12)15)13-6-1-2-9-19-13/h1-4,6-11,16,20H,5H2/t10-,11-,16+/m0/s1. The van der Waals surface area contributed by atoms with Gasteiger partial charge in [0.15, 0.2) is 0 Å². The molecule has 0 fully saturated rings. The minimum atomic E-state index is -0.332. The lowest BCUT2D eigenvalue weighted by atomic mass is 9.77. The van der Waals surface area contributed by atoms with Crippen LogP contribution in [0.2, 0.25) is 5.02 Å². The first-order valence-electron chi connectivity index (χ1n) is 7.47. The Morgan fingerprint density at radius 1 is 1.30 bits per heavy atom. The number of anilines is 1. The monoisotopic (exact) mass is 327 g/mol. The molecule has 5 nitrogen and oxygen atoms in total. The van der Waals surface area contributed by atoms with Crippen molar-refractivity contribution in [2.45, 2.75) is 18.4 Å². The van der Waals surface area contributed by atoms with Crippen LogP contribution in [0.4, 0.5) is 11.4 Å². The van der Waals surface area contributed by atoms with Gasteiger partial charge in [-0.2, -0.15) is 0 Å². The topological polar surface area (TPSA) is 68.1 Å². The number of pyridine rings is 1. The minimum absolute atomic E-state index is 0.0109. The van der Waals surface area contributed by atoms with Crippen LogP contribution in [0.25, 0.3) is 0 Å². The van der Waals surface area contributed by atoms with Gasteiger partial charge in [0.05, 0.1) is 32.9 Å². The van der Waals surface area contributed by atoms with E-state index in [4.69, 9.17) is 11.6 Å². The molecular formula is C17H14ClN3O2. The summed E-state index contributed by atoms with van der Waals surface area (Å²) in [5, 5.41) is 15.3. The number of nitro benzene ring substituents is 1. The number of halogens is 1. The van der Waals surface area contributed by atoms with Gasteiger partial charge in [-0.1, -0.05) is 29.8 Å². The quantitative estimate of drug-likeness (QED) is 0.502. The molecule has 0 unspecified atom stereocenters. The first kappa shape index (κ1) is 14.2. The Bertz CT molecular complexity index is 807. The van der Waals surface area contributed by atoms with Crippen LogP contribution in [0.3, 0.4) is 0 Å². The zero-order chi connectivity index (χ0) is 16.0. The molecule has 0 saturated heterocycles. The Labute approximate surface area is 138 Å². The highest BCUT2D eigenvalue weighted by molar-refractivity contribution is 6.33. The van der Waals surface area contributed by atoms with Crippen molar-refractivity contribution < 1.29 is 4.92 Å². The van der Waals surface area contributed by atoms with Crippen molar-refractivity contribution in [3.8, 4) is 0 Å². The van der Waals surface area contributed by atoms with Gasteiger partial charge in [-0.25, -0.2) is 0 Å². The number of rotatable bonds is 2. The van der Waals surface area contributed by atoms with Crippen LogP contribution in [0.5, 0.6) is 0 Å². The van der Waals surface area contributed by atoms with Gasteiger partial charge < -0.3 is 5.32 Å². The summed E-state index contributed by atoms with van der Waals surface area (Å²) in [4.78, 5) is 15.5. The highest BCUT2D eigenvalue weighted by Crippen LogP contribution is 2.53. The molecule has 116 valence electrons. The van der Waals surface area contributed by atoms with Crippen LogP contribution in [-0.4, -0.2) is 9.91 Å². The fraction of sp³-hybridized carbons (Fsp3) is 0.235. The van der Waals surface area contributed by atoms with Gasteiger partial charge in [0, 0.05) is 18.2 Å². The minimum Gasteiger partial charge on any atom is -0.375 e. The zero-order valence-electron chi connectivity index (χ0n) is 12.1. The summed E-state index contributed by atoms with van der Waals surface area (Å²) in [6, 6.07) is 8.87.